The maximum absolute atomic E-state index is 10.2. The monoisotopic (exact) mass is 261 g/mol. The molecule has 0 atom stereocenters. The minimum Gasteiger partial charge on any atom is -1.00 e. The molecular formula is C6H9BrNNaO2S. The summed E-state index contributed by atoms with van der Waals surface area (Å²) in [5, 5.41) is 10.4. The van der Waals surface area contributed by atoms with E-state index in [1.807, 2.05) is 17.2 Å². The Kier molecular flexibility index (Phi) is 9.27. The second kappa shape index (κ2) is 7.26. The van der Waals surface area contributed by atoms with Crippen LogP contribution in [-0.2, 0) is 4.79 Å². The summed E-state index contributed by atoms with van der Waals surface area (Å²) < 4.78 is 0. The Balaban J connectivity index is 0. The van der Waals surface area contributed by atoms with E-state index < -0.39 is 5.97 Å². The number of aliphatic carboxylic acids is 1. The minimum absolute atomic E-state index is 0. The Hall–Kier alpha value is 0.840. The SMILES string of the molecule is CC1=CSCN1CC(=O)O.[Br-].[Na+]. The largest absolute Gasteiger partial charge is 1.00 e. The standard InChI is InChI=1S/C6H9NO2S.BrH.Na/c1-5-3-10-4-7(5)2-6(8)9;;/h3H,2,4H2,1H3,(H,8,9);1H;/q;;+1/p-1. The second-order valence-corrected chi connectivity index (χ2v) is 2.97. The second-order valence-electron chi connectivity index (χ2n) is 2.15. The van der Waals surface area contributed by atoms with Crippen molar-refractivity contribution in [3.8, 4) is 0 Å². The first-order valence-corrected chi connectivity index (χ1v) is 4.00. The van der Waals surface area contributed by atoms with Gasteiger partial charge in [-0.15, -0.1) is 11.8 Å². The molecule has 0 saturated heterocycles. The molecule has 1 heterocycles. The van der Waals surface area contributed by atoms with Crippen LogP contribution in [0.25, 0.3) is 0 Å². The summed E-state index contributed by atoms with van der Waals surface area (Å²) in [4.78, 5) is 12.0. The average molecular weight is 262 g/mol. The third-order valence-corrected chi connectivity index (χ3v) is 2.28. The van der Waals surface area contributed by atoms with Crippen molar-refractivity contribution < 1.29 is 56.4 Å². The van der Waals surface area contributed by atoms with E-state index in [-0.39, 0.29) is 53.1 Å². The smallest absolute Gasteiger partial charge is 1.00 e. The van der Waals surface area contributed by atoms with Gasteiger partial charge >= 0.3 is 35.5 Å². The van der Waals surface area contributed by atoms with E-state index in [2.05, 4.69) is 0 Å². The van der Waals surface area contributed by atoms with Gasteiger partial charge in [0.2, 0.25) is 0 Å². The summed E-state index contributed by atoms with van der Waals surface area (Å²) in [6.45, 7) is 2.04. The summed E-state index contributed by atoms with van der Waals surface area (Å²) in [6, 6.07) is 0. The Bertz CT molecular complexity index is 188. The van der Waals surface area contributed by atoms with Crippen LogP contribution < -0.4 is 46.5 Å². The summed E-state index contributed by atoms with van der Waals surface area (Å²) in [7, 11) is 0. The van der Waals surface area contributed by atoms with Crippen molar-refractivity contribution in [3.63, 3.8) is 0 Å². The zero-order chi connectivity index (χ0) is 7.56. The third kappa shape index (κ3) is 4.77. The van der Waals surface area contributed by atoms with E-state index in [0.717, 1.165) is 11.6 Å². The van der Waals surface area contributed by atoms with E-state index in [1.54, 1.807) is 11.8 Å². The molecule has 1 N–H and O–H groups in total. The number of allylic oxidation sites excluding steroid dienone is 1. The van der Waals surface area contributed by atoms with Crippen LogP contribution in [-0.4, -0.2) is 28.4 Å². The number of hydrogen-bond donors (Lipinski definition) is 1. The third-order valence-electron chi connectivity index (χ3n) is 1.31. The van der Waals surface area contributed by atoms with Crippen LogP contribution in [0.4, 0.5) is 0 Å². The molecule has 1 aliphatic heterocycles. The molecule has 0 bridgehead atoms. The van der Waals surface area contributed by atoms with Gasteiger partial charge in [-0.05, 0) is 12.3 Å². The van der Waals surface area contributed by atoms with Crippen LogP contribution in [0.2, 0.25) is 0 Å². The molecule has 0 aliphatic carbocycles. The normalized spacial score (nSPS) is 14.4. The van der Waals surface area contributed by atoms with Gasteiger partial charge < -0.3 is 27.0 Å². The fraction of sp³-hybridized carbons (Fsp3) is 0.500. The molecule has 0 fully saturated rings. The van der Waals surface area contributed by atoms with E-state index in [4.69, 9.17) is 5.11 Å². The molecule has 3 nitrogen and oxygen atoms in total. The zero-order valence-electron chi connectivity index (χ0n) is 7.08. The van der Waals surface area contributed by atoms with Gasteiger partial charge in [0.15, 0.2) is 0 Å². The molecule has 0 aromatic heterocycles. The van der Waals surface area contributed by atoms with Crippen LogP contribution in [0.1, 0.15) is 6.92 Å². The first kappa shape index (κ1) is 15.3. The van der Waals surface area contributed by atoms with Crippen LogP contribution in [0.15, 0.2) is 11.1 Å². The van der Waals surface area contributed by atoms with E-state index in [0.29, 0.717) is 0 Å². The Morgan fingerprint density at radius 2 is 2.42 bits per heavy atom. The average Bonchev–Trinajstić information content (AvgIpc) is 2.15. The number of thioether (sulfide) groups is 1. The van der Waals surface area contributed by atoms with Crippen LogP contribution in [0.3, 0.4) is 0 Å². The van der Waals surface area contributed by atoms with Crippen molar-refractivity contribution in [3.05, 3.63) is 11.1 Å². The predicted octanol–water partition coefficient (Wildman–Crippen LogP) is -5.05. The van der Waals surface area contributed by atoms with Gasteiger partial charge in [0, 0.05) is 5.70 Å². The number of nitrogens with zero attached hydrogens (tertiary/aromatic N) is 1. The van der Waals surface area contributed by atoms with Gasteiger partial charge in [-0.25, -0.2) is 0 Å². The molecular weight excluding hydrogens is 253 g/mol. The Morgan fingerprint density at radius 1 is 1.83 bits per heavy atom. The maximum atomic E-state index is 10.2. The topological polar surface area (TPSA) is 40.5 Å². The van der Waals surface area contributed by atoms with Gasteiger partial charge in [-0.2, -0.15) is 0 Å². The van der Waals surface area contributed by atoms with Gasteiger partial charge in [0.1, 0.15) is 6.54 Å². The number of rotatable bonds is 2. The summed E-state index contributed by atoms with van der Waals surface area (Å²) >= 11 is 1.63. The molecule has 6 heteroatoms. The van der Waals surface area contributed by atoms with Crippen molar-refractivity contribution in [1.29, 1.82) is 0 Å². The van der Waals surface area contributed by atoms with Crippen LogP contribution in [0, 0.1) is 0 Å². The molecule has 12 heavy (non-hydrogen) atoms. The molecule has 0 aromatic rings. The molecule has 0 unspecified atom stereocenters. The van der Waals surface area contributed by atoms with Gasteiger partial charge in [0.05, 0.1) is 5.88 Å². The molecule has 0 radical (unpaired) electrons. The molecule has 0 aromatic carbocycles. The molecule has 1 rings (SSSR count). The fourth-order valence-corrected chi connectivity index (χ4v) is 1.70. The molecule has 0 saturated carbocycles. The van der Waals surface area contributed by atoms with E-state index in [9.17, 15) is 4.79 Å². The van der Waals surface area contributed by atoms with Crippen molar-refractivity contribution in [2.24, 2.45) is 0 Å². The van der Waals surface area contributed by atoms with Gasteiger partial charge in [0.25, 0.3) is 0 Å². The Labute approximate surface area is 109 Å². The molecule has 0 amide bonds. The number of halogens is 1. The minimum atomic E-state index is -0.768. The maximum Gasteiger partial charge on any atom is 1.00 e. The fourth-order valence-electron chi connectivity index (χ4n) is 0.758. The quantitative estimate of drug-likeness (QED) is 0.506. The predicted molar refractivity (Wildman–Crippen MR) is 40.6 cm³/mol. The van der Waals surface area contributed by atoms with Gasteiger partial charge in [-0.3, -0.25) is 4.79 Å². The van der Waals surface area contributed by atoms with E-state index >= 15 is 0 Å². The summed E-state index contributed by atoms with van der Waals surface area (Å²) in [5.41, 5.74) is 1.05. The summed E-state index contributed by atoms with van der Waals surface area (Å²) in [5.74, 6) is 0.00764. The number of hydrogen-bond acceptors (Lipinski definition) is 3. The molecule has 0 spiro atoms. The van der Waals surface area contributed by atoms with Crippen molar-refractivity contribution in [2.75, 3.05) is 12.4 Å². The number of carbonyl (C=O) groups is 1. The van der Waals surface area contributed by atoms with E-state index in [1.165, 1.54) is 0 Å². The number of carboxylic acids is 1. The first-order valence-electron chi connectivity index (χ1n) is 2.95. The van der Waals surface area contributed by atoms with Crippen molar-refractivity contribution >= 4 is 17.7 Å². The van der Waals surface area contributed by atoms with Crippen LogP contribution in [0.5, 0.6) is 0 Å². The molecule has 64 valence electrons. The van der Waals surface area contributed by atoms with Crippen molar-refractivity contribution in [1.82, 2.24) is 4.90 Å². The first-order chi connectivity index (χ1) is 4.70. The van der Waals surface area contributed by atoms with Crippen molar-refractivity contribution in [2.45, 2.75) is 6.92 Å². The molecule has 1 aliphatic rings. The Morgan fingerprint density at radius 3 is 2.75 bits per heavy atom. The zero-order valence-corrected chi connectivity index (χ0v) is 11.5. The number of carboxylic acid groups (broad SMARTS) is 1. The van der Waals surface area contributed by atoms with Gasteiger partial charge in [-0.1, -0.05) is 0 Å². The van der Waals surface area contributed by atoms with Crippen LogP contribution >= 0.6 is 11.8 Å². The summed E-state index contributed by atoms with van der Waals surface area (Å²) in [6.07, 6.45) is 0.